The molecule has 0 radical (unpaired) electrons. The molecule has 1 aliphatic heterocycles. The topological polar surface area (TPSA) is 149 Å². The Morgan fingerprint density at radius 1 is 0.565 bits per heavy atom. The number of hydrogen-bond acceptors (Lipinski definition) is 8. The number of aliphatic hydroxyl groups is 5. The number of ether oxygens (including phenoxy) is 2. The van der Waals surface area contributed by atoms with Gasteiger partial charge in [-0.1, -0.05) is 195 Å². The number of hydrogen-bond donors (Lipinski definition) is 6. The molecular formula is C53H91NO8. The molecule has 62 heavy (non-hydrogen) atoms. The van der Waals surface area contributed by atoms with Crippen LogP contribution in [0.2, 0.25) is 0 Å². The lowest BCUT2D eigenvalue weighted by molar-refractivity contribution is -0.302. The van der Waals surface area contributed by atoms with Crippen LogP contribution in [0.4, 0.5) is 0 Å². The van der Waals surface area contributed by atoms with Crippen molar-refractivity contribution in [3.05, 3.63) is 85.1 Å². The van der Waals surface area contributed by atoms with E-state index in [0.29, 0.717) is 12.8 Å². The van der Waals surface area contributed by atoms with Gasteiger partial charge in [0.2, 0.25) is 5.91 Å². The molecule has 6 N–H and O–H groups in total. The zero-order valence-corrected chi connectivity index (χ0v) is 39.1. The summed E-state index contributed by atoms with van der Waals surface area (Å²) in [4.78, 5) is 13.0. The Balaban J connectivity index is 2.28. The van der Waals surface area contributed by atoms with Crippen molar-refractivity contribution in [1.29, 1.82) is 0 Å². The maximum absolute atomic E-state index is 13.0. The summed E-state index contributed by atoms with van der Waals surface area (Å²) in [7, 11) is 0. The SMILES string of the molecule is CC/C=C\C/C=C\C/C=C\C/C=C\C/C=C\C/C=C\C/C=C\CCCCCCCC(=O)NC(COC1OC(CO)C(O)C(O)C1O)C(O)CCCCCCCCCCCCCC. The summed E-state index contributed by atoms with van der Waals surface area (Å²) >= 11 is 0. The van der Waals surface area contributed by atoms with Gasteiger partial charge in [0, 0.05) is 6.42 Å². The van der Waals surface area contributed by atoms with E-state index < -0.39 is 49.5 Å². The van der Waals surface area contributed by atoms with Gasteiger partial charge in [0.1, 0.15) is 24.4 Å². The highest BCUT2D eigenvalue weighted by Crippen LogP contribution is 2.23. The van der Waals surface area contributed by atoms with Crippen LogP contribution in [0.25, 0.3) is 0 Å². The van der Waals surface area contributed by atoms with Gasteiger partial charge in [-0.2, -0.15) is 0 Å². The average Bonchev–Trinajstić information content (AvgIpc) is 3.27. The Labute approximate surface area is 378 Å². The predicted octanol–water partition coefficient (Wildman–Crippen LogP) is 11.1. The van der Waals surface area contributed by atoms with E-state index in [1.807, 2.05) is 0 Å². The highest BCUT2D eigenvalue weighted by Gasteiger charge is 2.44. The summed E-state index contributed by atoms with van der Waals surface area (Å²) in [5, 5.41) is 54.4. The smallest absolute Gasteiger partial charge is 0.220 e. The molecule has 0 aromatic carbocycles. The first-order valence-corrected chi connectivity index (χ1v) is 24.8. The quantitative estimate of drug-likeness (QED) is 0.0263. The Kier molecular flexibility index (Phi) is 39.2. The fraction of sp³-hybridized carbons (Fsp3) is 0.717. The van der Waals surface area contributed by atoms with Gasteiger partial charge in [0.25, 0.3) is 0 Å². The van der Waals surface area contributed by atoms with E-state index >= 15 is 0 Å². The molecule has 9 nitrogen and oxygen atoms in total. The number of carbonyl (C=O) groups is 1. The Morgan fingerprint density at radius 2 is 1.00 bits per heavy atom. The zero-order chi connectivity index (χ0) is 45.1. The van der Waals surface area contributed by atoms with Crippen molar-refractivity contribution in [2.24, 2.45) is 0 Å². The maximum Gasteiger partial charge on any atom is 0.220 e. The van der Waals surface area contributed by atoms with Crippen LogP contribution >= 0.6 is 0 Å². The van der Waals surface area contributed by atoms with Crippen LogP contribution in [-0.4, -0.2) is 87.5 Å². The number of rotatable bonds is 40. The van der Waals surface area contributed by atoms with E-state index in [9.17, 15) is 30.3 Å². The number of aliphatic hydroxyl groups excluding tert-OH is 5. The maximum atomic E-state index is 13.0. The van der Waals surface area contributed by atoms with Crippen LogP contribution < -0.4 is 5.32 Å². The number of allylic oxidation sites excluding steroid dienone is 14. The third-order valence-corrected chi connectivity index (χ3v) is 11.3. The van der Waals surface area contributed by atoms with E-state index in [0.717, 1.165) is 103 Å². The van der Waals surface area contributed by atoms with Crippen molar-refractivity contribution in [2.45, 2.75) is 230 Å². The van der Waals surface area contributed by atoms with E-state index in [4.69, 9.17) is 9.47 Å². The number of amides is 1. The highest BCUT2D eigenvalue weighted by atomic mass is 16.7. The molecule has 1 aliphatic rings. The second-order valence-corrected chi connectivity index (χ2v) is 16.9. The number of unbranched alkanes of at least 4 members (excludes halogenated alkanes) is 16. The molecule has 1 rings (SSSR count). The lowest BCUT2D eigenvalue weighted by Gasteiger charge is -2.40. The summed E-state index contributed by atoms with van der Waals surface area (Å²) in [5.74, 6) is -0.168. The monoisotopic (exact) mass is 870 g/mol. The molecule has 0 aliphatic carbocycles. The summed E-state index contributed by atoms with van der Waals surface area (Å²) in [6, 6.07) is -0.734. The molecule has 1 saturated heterocycles. The van der Waals surface area contributed by atoms with E-state index in [1.165, 1.54) is 57.8 Å². The molecule has 1 amide bonds. The van der Waals surface area contributed by atoms with Gasteiger partial charge in [-0.25, -0.2) is 0 Å². The Bertz CT molecular complexity index is 1240. The molecule has 1 heterocycles. The van der Waals surface area contributed by atoms with Gasteiger partial charge < -0.3 is 40.3 Å². The van der Waals surface area contributed by atoms with Crippen molar-refractivity contribution < 1.29 is 39.8 Å². The van der Waals surface area contributed by atoms with Gasteiger partial charge in [-0.05, 0) is 70.6 Å². The van der Waals surface area contributed by atoms with Crippen LogP contribution in [-0.2, 0) is 14.3 Å². The summed E-state index contributed by atoms with van der Waals surface area (Å²) in [5.41, 5.74) is 0. The zero-order valence-electron chi connectivity index (χ0n) is 39.1. The van der Waals surface area contributed by atoms with E-state index in [2.05, 4.69) is 104 Å². The summed E-state index contributed by atoms with van der Waals surface area (Å²) in [6.45, 7) is 3.69. The fourth-order valence-electron chi connectivity index (χ4n) is 7.32. The first kappa shape index (κ1) is 57.4. The second kappa shape index (κ2) is 42.3. The molecule has 7 unspecified atom stereocenters. The lowest BCUT2D eigenvalue weighted by atomic mass is 9.99. The molecule has 0 spiro atoms. The van der Waals surface area contributed by atoms with E-state index in [-0.39, 0.29) is 12.5 Å². The van der Waals surface area contributed by atoms with Crippen molar-refractivity contribution in [3.8, 4) is 0 Å². The summed E-state index contributed by atoms with van der Waals surface area (Å²) in [6.07, 6.45) is 51.6. The molecule has 0 saturated carbocycles. The van der Waals surface area contributed by atoms with Gasteiger partial charge >= 0.3 is 0 Å². The molecule has 0 bridgehead atoms. The lowest BCUT2D eigenvalue weighted by Crippen LogP contribution is -2.60. The highest BCUT2D eigenvalue weighted by molar-refractivity contribution is 5.76. The van der Waals surface area contributed by atoms with Crippen LogP contribution in [0.1, 0.15) is 187 Å². The molecule has 9 heteroatoms. The van der Waals surface area contributed by atoms with Crippen molar-refractivity contribution in [1.82, 2.24) is 5.32 Å². The normalized spacial score (nSPS) is 21.0. The van der Waals surface area contributed by atoms with Crippen molar-refractivity contribution >= 4 is 5.91 Å². The first-order valence-electron chi connectivity index (χ1n) is 24.8. The Morgan fingerprint density at radius 3 is 1.48 bits per heavy atom. The van der Waals surface area contributed by atoms with Gasteiger partial charge in [-0.15, -0.1) is 0 Å². The van der Waals surface area contributed by atoms with Crippen LogP contribution in [0.15, 0.2) is 85.1 Å². The predicted molar refractivity (Wildman–Crippen MR) is 258 cm³/mol. The van der Waals surface area contributed by atoms with Gasteiger partial charge in [0.05, 0.1) is 25.4 Å². The van der Waals surface area contributed by atoms with Crippen LogP contribution in [0.3, 0.4) is 0 Å². The van der Waals surface area contributed by atoms with E-state index in [1.54, 1.807) is 0 Å². The summed E-state index contributed by atoms with van der Waals surface area (Å²) < 4.78 is 11.2. The van der Waals surface area contributed by atoms with Crippen molar-refractivity contribution in [2.75, 3.05) is 13.2 Å². The van der Waals surface area contributed by atoms with Crippen LogP contribution in [0, 0.1) is 0 Å². The minimum absolute atomic E-state index is 0.151. The minimum Gasteiger partial charge on any atom is -0.394 e. The van der Waals surface area contributed by atoms with Crippen molar-refractivity contribution in [3.63, 3.8) is 0 Å². The third kappa shape index (κ3) is 32.1. The number of nitrogens with one attached hydrogen (secondary N) is 1. The molecule has 1 fully saturated rings. The largest absolute Gasteiger partial charge is 0.394 e. The molecular weight excluding hydrogens is 779 g/mol. The van der Waals surface area contributed by atoms with Crippen LogP contribution in [0.5, 0.6) is 0 Å². The Hall–Kier alpha value is -2.63. The van der Waals surface area contributed by atoms with Gasteiger partial charge in [0.15, 0.2) is 6.29 Å². The molecule has 0 aromatic heterocycles. The second-order valence-electron chi connectivity index (χ2n) is 16.9. The third-order valence-electron chi connectivity index (χ3n) is 11.3. The standard InChI is InChI=1S/C53H91NO8/c1-3-5-7-9-11-13-15-17-18-19-20-21-22-23-24-25-26-27-28-29-30-31-33-35-37-39-41-43-49(57)54-46(45-61-53-52(60)51(59)50(58)48(44-55)62-53)47(56)42-40-38-36-34-32-16-14-12-10-8-6-4-2/h5,7,11,13,17-18,20-21,23-24,26-27,29-30,46-48,50-53,55-56,58-60H,3-4,6,8-10,12,14-16,19,22,25,28,31-45H2,1-2H3,(H,54,57)/b7-5-,13-11-,18-17-,21-20-,24-23-,27-26-,30-29-. The molecule has 7 atom stereocenters. The van der Waals surface area contributed by atoms with Gasteiger partial charge in [-0.3, -0.25) is 4.79 Å². The molecule has 0 aromatic rings. The fourth-order valence-corrected chi connectivity index (χ4v) is 7.32. The first-order chi connectivity index (χ1) is 30.3. The number of carbonyl (C=O) groups excluding carboxylic acids is 1. The molecule has 356 valence electrons. The average molecular weight is 870 g/mol. The minimum atomic E-state index is -1.56.